The van der Waals surface area contributed by atoms with Crippen molar-refractivity contribution in [2.75, 3.05) is 19.6 Å². The van der Waals surface area contributed by atoms with E-state index in [1.54, 1.807) is 0 Å². The molecule has 21 heavy (non-hydrogen) atoms. The Morgan fingerprint density at radius 3 is 2.29 bits per heavy atom. The van der Waals surface area contributed by atoms with Crippen LogP contribution >= 0.6 is 0 Å². The molecule has 1 N–H and O–H groups in total. The number of aryl methyl sites for hydroxylation is 1. The van der Waals surface area contributed by atoms with Gasteiger partial charge in [-0.15, -0.1) is 0 Å². The van der Waals surface area contributed by atoms with Crippen molar-refractivity contribution in [3.05, 3.63) is 35.4 Å². The second-order valence-electron chi connectivity index (χ2n) is 6.23. The number of nitrogens with zero attached hydrogens (tertiary/aromatic N) is 1. The molecule has 2 nitrogen and oxygen atoms in total. The van der Waals surface area contributed by atoms with Crippen molar-refractivity contribution in [2.24, 2.45) is 0 Å². The number of likely N-dealkylation sites (N-methyl/N-ethyl adjacent to an activating group) is 2. The second kappa shape index (κ2) is 8.55. The van der Waals surface area contributed by atoms with Gasteiger partial charge in [-0.2, -0.15) is 0 Å². The zero-order valence-electron chi connectivity index (χ0n) is 14.1. The van der Waals surface area contributed by atoms with Gasteiger partial charge < -0.3 is 5.32 Å². The largest absolute Gasteiger partial charge is 0.309 e. The lowest BCUT2D eigenvalue weighted by Crippen LogP contribution is -2.40. The third-order valence-corrected chi connectivity index (χ3v) is 4.91. The minimum atomic E-state index is 0.460. The van der Waals surface area contributed by atoms with Gasteiger partial charge in [-0.25, -0.2) is 0 Å². The van der Waals surface area contributed by atoms with E-state index in [1.165, 1.54) is 43.4 Å². The molecule has 1 aliphatic carbocycles. The van der Waals surface area contributed by atoms with Gasteiger partial charge in [0.2, 0.25) is 0 Å². The lowest BCUT2D eigenvalue weighted by atomic mass is 10.0. The number of hydrogen-bond acceptors (Lipinski definition) is 2. The minimum absolute atomic E-state index is 0.460. The number of nitrogens with one attached hydrogen (secondary N) is 1. The van der Waals surface area contributed by atoms with E-state index < -0.39 is 0 Å². The second-order valence-corrected chi connectivity index (χ2v) is 6.23. The van der Waals surface area contributed by atoms with Gasteiger partial charge in [-0.3, -0.25) is 4.90 Å². The number of hydrogen-bond donors (Lipinski definition) is 1. The molecule has 1 unspecified atom stereocenters. The highest BCUT2D eigenvalue weighted by Crippen LogP contribution is 2.25. The minimum Gasteiger partial charge on any atom is -0.309 e. The van der Waals surface area contributed by atoms with Crippen LogP contribution in [-0.4, -0.2) is 30.6 Å². The number of rotatable bonds is 8. The van der Waals surface area contributed by atoms with Crippen molar-refractivity contribution in [3.8, 4) is 0 Å². The average Bonchev–Trinajstić information content (AvgIpc) is 3.06. The molecule has 2 rings (SSSR count). The molecule has 0 saturated heterocycles. The summed E-state index contributed by atoms with van der Waals surface area (Å²) in [6.07, 6.45) is 6.73. The van der Waals surface area contributed by atoms with Gasteiger partial charge in [0.1, 0.15) is 0 Å². The summed E-state index contributed by atoms with van der Waals surface area (Å²) in [4.78, 5) is 2.69. The molecule has 2 heteroatoms. The van der Waals surface area contributed by atoms with Crippen LogP contribution in [0.25, 0.3) is 0 Å². The van der Waals surface area contributed by atoms with E-state index in [0.29, 0.717) is 6.04 Å². The monoisotopic (exact) mass is 288 g/mol. The van der Waals surface area contributed by atoms with Crippen molar-refractivity contribution < 1.29 is 0 Å². The van der Waals surface area contributed by atoms with E-state index in [4.69, 9.17) is 0 Å². The normalized spacial score (nSPS) is 17.5. The molecular formula is C19H32N2. The quantitative estimate of drug-likeness (QED) is 0.772. The summed E-state index contributed by atoms with van der Waals surface area (Å²) >= 11 is 0. The van der Waals surface area contributed by atoms with Gasteiger partial charge in [0.05, 0.1) is 0 Å². The van der Waals surface area contributed by atoms with E-state index in [9.17, 15) is 0 Å². The fraction of sp³-hybridized carbons (Fsp3) is 0.684. The smallest absolute Gasteiger partial charge is 0.0449 e. The zero-order valence-corrected chi connectivity index (χ0v) is 14.1. The van der Waals surface area contributed by atoms with Crippen LogP contribution in [0.5, 0.6) is 0 Å². The van der Waals surface area contributed by atoms with Crippen molar-refractivity contribution in [1.29, 1.82) is 0 Å². The molecule has 118 valence electrons. The summed E-state index contributed by atoms with van der Waals surface area (Å²) in [7, 11) is 0. The third kappa shape index (κ3) is 4.55. The standard InChI is InChI=1S/C19H32N2/c1-4-16-11-13-17(14-12-16)19(20-5-2)15-21(6-3)18-9-7-8-10-18/h11-14,18-20H,4-10,15H2,1-3H3. The SMILES string of the molecule is CCNC(CN(CC)C1CCCC1)c1ccc(CC)cc1. The zero-order chi connectivity index (χ0) is 15.1. The molecule has 0 radical (unpaired) electrons. The molecular weight excluding hydrogens is 256 g/mol. The molecule has 0 aromatic heterocycles. The molecule has 1 aliphatic rings. The predicted molar refractivity (Wildman–Crippen MR) is 91.7 cm³/mol. The lowest BCUT2D eigenvalue weighted by Gasteiger charge is -2.32. The Morgan fingerprint density at radius 1 is 1.10 bits per heavy atom. The Bertz CT molecular complexity index is 393. The van der Waals surface area contributed by atoms with Crippen molar-refractivity contribution >= 4 is 0 Å². The lowest BCUT2D eigenvalue weighted by molar-refractivity contribution is 0.187. The molecule has 1 aromatic carbocycles. The van der Waals surface area contributed by atoms with Crippen LogP contribution in [0, 0.1) is 0 Å². The van der Waals surface area contributed by atoms with Gasteiger partial charge in [-0.1, -0.05) is 57.9 Å². The molecule has 1 atom stereocenters. The summed E-state index contributed by atoms with van der Waals surface area (Å²) in [6.45, 7) is 10.1. The van der Waals surface area contributed by atoms with Crippen LogP contribution < -0.4 is 5.32 Å². The third-order valence-electron chi connectivity index (χ3n) is 4.91. The highest BCUT2D eigenvalue weighted by Gasteiger charge is 2.24. The van der Waals surface area contributed by atoms with E-state index in [0.717, 1.165) is 25.6 Å². The summed E-state index contributed by atoms with van der Waals surface area (Å²) in [5.74, 6) is 0. The van der Waals surface area contributed by atoms with Crippen molar-refractivity contribution in [2.45, 2.75) is 65.0 Å². The Morgan fingerprint density at radius 2 is 1.76 bits per heavy atom. The Hall–Kier alpha value is -0.860. The summed E-state index contributed by atoms with van der Waals surface area (Å²) in [5, 5.41) is 3.68. The van der Waals surface area contributed by atoms with Crippen LogP contribution in [-0.2, 0) is 6.42 Å². The van der Waals surface area contributed by atoms with Crippen LogP contribution in [0.15, 0.2) is 24.3 Å². The molecule has 1 saturated carbocycles. The molecule has 0 amide bonds. The first-order valence-corrected chi connectivity index (χ1v) is 8.84. The van der Waals surface area contributed by atoms with E-state index in [2.05, 4.69) is 55.3 Å². The van der Waals surface area contributed by atoms with Crippen LogP contribution in [0.3, 0.4) is 0 Å². The van der Waals surface area contributed by atoms with Crippen LogP contribution in [0.1, 0.15) is 63.6 Å². The maximum atomic E-state index is 3.68. The van der Waals surface area contributed by atoms with Gasteiger partial charge in [0, 0.05) is 18.6 Å². The molecule has 0 aliphatic heterocycles. The first-order valence-electron chi connectivity index (χ1n) is 8.84. The maximum absolute atomic E-state index is 3.68. The van der Waals surface area contributed by atoms with Crippen LogP contribution in [0.4, 0.5) is 0 Å². The Balaban J connectivity index is 2.05. The first-order chi connectivity index (χ1) is 10.3. The van der Waals surface area contributed by atoms with E-state index in [-0.39, 0.29) is 0 Å². The summed E-state index contributed by atoms with van der Waals surface area (Å²) in [5.41, 5.74) is 2.86. The maximum Gasteiger partial charge on any atom is 0.0449 e. The van der Waals surface area contributed by atoms with E-state index >= 15 is 0 Å². The topological polar surface area (TPSA) is 15.3 Å². The Kier molecular flexibility index (Phi) is 6.72. The summed E-state index contributed by atoms with van der Waals surface area (Å²) < 4.78 is 0. The Labute approximate surface area is 130 Å². The highest BCUT2D eigenvalue weighted by molar-refractivity contribution is 5.25. The molecule has 0 heterocycles. The van der Waals surface area contributed by atoms with Crippen LogP contribution in [0.2, 0.25) is 0 Å². The number of benzene rings is 1. The van der Waals surface area contributed by atoms with Gasteiger partial charge in [-0.05, 0) is 43.5 Å². The van der Waals surface area contributed by atoms with Gasteiger partial charge in [0.15, 0.2) is 0 Å². The fourth-order valence-corrected chi connectivity index (χ4v) is 3.56. The van der Waals surface area contributed by atoms with E-state index in [1.807, 2.05) is 0 Å². The fourth-order valence-electron chi connectivity index (χ4n) is 3.56. The van der Waals surface area contributed by atoms with Crippen molar-refractivity contribution in [3.63, 3.8) is 0 Å². The highest BCUT2D eigenvalue weighted by atomic mass is 15.2. The molecule has 1 fully saturated rings. The van der Waals surface area contributed by atoms with Crippen molar-refractivity contribution in [1.82, 2.24) is 10.2 Å². The van der Waals surface area contributed by atoms with Gasteiger partial charge >= 0.3 is 0 Å². The molecule has 0 bridgehead atoms. The predicted octanol–water partition coefficient (Wildman–Crippen LogP) is 4.16. The average molecular weight is 288 g/mol. The van der Waals surface area contributed by atoms with Gasteiger partial charge in [0.25, 0.3) is 0 Å². The molecule has 0 spiro atoms. The molecule has 1 aromatic rings. The summed E-state index contributed by atoms with van der Waals surface area (Å²) in [6, 6.07) is 10.5. The first kappa shape index (κ1) is 16.5.